The molecule has 2 N–H and O–H groups in total. The topological polar surface area (TPSA) is 72.9 Å². The van der Waals surface area contributed by atoms with E-state index in [0.717, 1.165) is 17.8 Å². The number of aryl methyl sites for hydroxylation is 1. The number of halogens is 2. The van der Waals surface area contributed by atoms with E-state index in [9.17, 15) is 4.79 Å². The highest BCUT2D eigenvalue weighted by atomic mass is 35.5. The van der Waals surface area contributed by atoms with Gasteiger partial charge in [-0.15, -0.1) is 24.8 Å². The van der Waals surface area contributed by atoms with E-state index in [0.29, 0.717) is 30.4 Å². The molecule has 170 valence electrons. The van der Waals surface area contributed by atoms with Gasteiger partial charge in [-0.3, -0.25) is 4.79 Å². The molecule has 31 heavy (non-hydrogen) atoms. The molecule has 1 unspecified atom stereocenters. The average Bonchev–Trinajstić information content (AvgIpc) is 3.11. The van der Waals surface area contributed by atoms with Gasteiger partial charge >= 0.3 is 0 Å². The summed E-state index contributed by atoms with van der Waals surface area (Å²) in [7, 11) is 1.80. The van der Waals surface area contributed by atoms with Crippen LogP contribution in [0.2, 0.25) is 0 Å². The minimum atomic E-state index is -0.0674. The van der Waals surface area contributed by atoms with Crippen LogP contribution in [0.3, 0.4) is 0 Å². The predicted molar refractivity (Wildman–Crippen MR) is 130 cm³/mol. The highest BCUT2D eigenvalue weighted by Gasteiger charge is 2.18. The Morgan fingerprint density at radius 1 is 1.16 bits per heavy atom. The summed E-state index contributed by atoms with van der Waals surface area (Å²) in [6.07, 6.45) is 4.75. The zero-order valence-corrected chi connectivity index (χ0v) is 20.1. The Balaban J connectivity index is 0.00000240. The molecule has 2 aromatic heterocycles. The number of aromatic nitrogens is 2. The molecule has 3 aromatic rings. The first-order valence-corrected chi connectivity index (χ1v) is 10.0. The van der Waals surface area contributed by atoms with Crippen LogP contribution in [-0.4, -0.2) is 39.8 Å². The molecule has 0 aliphatic carbocycles. The highest BCUT2D eigenvalue weighted by Crippen LogP contribution is 2.21. The number of rotatable bonds is 8. The summed E-state index contributed by atoms with van der Waals surface area (Å²) in [6.45, 7) is 7.14. The van der Waals surface area contributed by atoms with E-state index < -0.39 is 0 Å². The minimum absolute atomic E-state index is 0. The van der Waals surface area contributed by atoms with E-state index in [4.69, 9.17) is 10.5 Å². The lowest BCUT2D eigenvalue weighted by atomic mass is 10.0. The average molecular weight is 467 g/mol. The van der Waals surface area contributed by atoms with Gasteiger partial charge in [-0.1, -0.05) is 32.0 Å². The molecular formula is C23H32Cl2N4O2. The smallest absolute Gasteiger partial charge is 0.257 e. The standard InChI is InChI=1S/C23H30N4O2.2ClH/c1-16(2)20(24)11-12-26(4)23(28)19-7-5-6-8-21(19)29-15-18-14-27-13-17(3)9-10-22(27)25-18;;/h5-10,13-14,16,20H,11-12,15,24H2,1-4H3;2*1H. The number of carbonyl (C=O) groups excluding carboxylic acids is 1. The van der Waals surface area contributed by atoms with Crippen molar-refractivity contribution in [3.63, 3.8) is 0 Å². The number of pyridine rings is 1. The van der Waals surface area contributed by atoms with E-state index >= 15 is 0 Å². The number of hydrogen-bond donors (Lipinski definition) is 1. The van der Waals surface area contributed by atoms with Gasteiger partial charge in [-0.25, -0.2) is 4.98 Å². The second-order valence-corrected chi connectivity index (χ2v) is 7.91. The number of para-hydroxylation sites is 1. The third-order valence-electron chi connectivity index (χ3n) is 5.14. The third-order valence-corrected chi connectivity index (χ3v) is 5.14. The summed E-state index contributed by atoms with van der Waals surface area (Å²) < 4.78 is 7.95. The molecule has 1 atom stereocenters. The summed E-state index contributed by atoms with van der Waals surface area (Å²) in [5.74, 6) is 0.885. The van der Waals surface area contributed by atoms with Crippen molar-refractivity contribution in [2.24, 2.45) is 11.7 Å². The van der Waals surface area contributed by atoms with Gasteiger partial charge in [0.2, 0.25) is 0 Å². The number of nitrogens with zero attached hydrogens (tertiary/aromatic N) is 3. The van der Waals surface area contributed by atoms with Crippen molar-refractivity contribution in [3.8, 4) is 5.75 Å². The fourth-order valence-corrected chi connectivity index (χ4v) is 3.13. The van der Waals surface area contributed by atoms with E-state index in [-0.39, 0.29) is 36.8 Å². The van der Waals surface area contributed by atoms with Crippen molar-refractivity contribution < 1.29 is 9.53 Å². The minimum Gasteiger partial charge on any atom is -0.486 e. The van der Waals surface area contributed by atoms with E-state index in [1.54, 1.807) is 18.0 Å². The van der Waals surface area contributed by atoms with Crippen LogP contribution in [-0.2, 0) is 6.61 Å². The number of nitrogens with two attached hydrogens (primary N) is 1. The Kier molecular flexibility index (Phi) is 10.3. The van der Waals surface area contributed by atoms with Crippen LogP contribution in [0.1, 0.15) is 41.9 Å². The monoisotopic (exact) mass is 466 g/mol. The quantitative estimate of drug-likeness (QED) is 0.529. The molecule has 0 saturated heterocycles. The maximum atomic E-state index is 12.9. The third kappa shape index (κ3) is 6.86. The van der Waals surface area contributed by atoms with Crippen LogP contribution >= 0.6 is 24.8 Å². The lowest BCUT2D eigenvalue weighted by Gasteiger charge is -2.22. The van der Waals surface area contributed by atoms with Crippen LogP contribution in [0, 0.1) is 12.8 Å². The molecule has 0 radical (unpaired) electrons. The molecule has 0 spiro atoms. The normalized spacial score (nSPS) is 11.5. The second-order valence-electron chi connectivity index (χ2n) is 7.91. The zero-order valence-electron chi connectivity index (χ0n) is 18.4. The highest BCUT2D eigenvalue weighted by molar-refractivity contribution is 5.96. The number of fused-ring (bicyclic) bond motifs is 1. The number of hydrogen-bond acceptors (Lipinski definition) is 4. The molecule has 2 heterocycles. The van der Waals surface area contributed by atoms with Crippen molar-refractivity contribution in [3.05, 3.63) is 65.6 Å². The first-order chi connectivity index (χ1) is 13.8. The fraction of sp³-hybridized carbons (Fsp3) is 0.391. The van der Waals surface area contributed by atoms with E-state index in [1.165, 1.54) is 5.56 Å². The van der Waals surface area contributed by atoms with Gasteiger partial charge in [0, 0.05) is 32.0 Å². The Bertz CT molecular complexity index is 991. The molecular weight excluding hydrogens is 435 g/mol. The number of ether oxygens (including phenoxy) is 1. The van der Waals surface area contributed by atoms with Crippen molar-refractivity contribution in [1.29, 1.82) is 0 Å². The number of amides is 1. The maximum absolute atomic E-state index is 12.9. The van der Waals surface area contributed by atoms with Crippen LogP contribution in [0.4, 0.5) is 0 Å². The Labute approximate surface area is 196 Å². The predicted octanol–water partition coefficient (Wildman–Crippen LogP) is 4.51. The number of benzene rings is 1. The molecule has 0 aliphatic heterocycles. The van der Waals surface area contributed by atoms with Crippen molar-refractivity contribution >= 4 is 36.4 Å². The first-order valence-electron chi connectivity index (χ1n) is 10.0. The molecule has 0 saturated carbocycles. The van der Waals surface area contributed by atoms with Crippen LogP contribution < -0.4 is 10.5 Å². The molecule has 3 rings (SSSR count). The van der Waals surface area contributed by atoms with Crippen LogP contribution in [0.5, 0.6) is 5.75 Å². The molecule has 0 bridgehead atoms. The van der Waals surface area contributed by atoms with Crippen molar-refractivity contribution in [2.75, 3.05) is 13.6 Å². The van der Waals surface area contributed by atoms with Gasteiger partial charge in [-0.2, -0.15) is 0 Å². The summed E-state index contributed by atoms with van der Waals surface area (Å²) in [4.78, 5) is 19.2. The van der Waals surface area contributed by atoms with Gasteiger partial charge < -0.3 is 19.8 Å². The molecule has 1 aromatic carbocycles. The molecule has 0 fully saturated rings. The first kappa shape index (κ1) is 26.8. The summed E-state index contributed by atoms with van der Waals surface area (Å²) in [5, 5.41) is 0. The number of carbonyl (C=O) groups is 1. The molecule has 0 aliphatic rings. The van der Waals surface area contributed by atoms with Gasteiger partial charge in [0.05, 0.1) is 11.3 Å². The van der Waals surface area contributed by atoms with Crippen molar-refractivity contribution in [2.45, 2.75) is 39.8 Å². The maximum Gasteiger partial charge on any atom is 0.257 e. The fourth-order valence-electron chi connectivity index (χ4n) is 3.13. The Morgan fingerprint density at radius 2 is 1.87 bits per heavy atom. The zero-order chi connectivity index (χ0) is 21.0. The molecule has 6 nitrogen and oxygen atoms in total. The Morgan fingerprint density at radius 3 is 2.58 bits per heavy atom. The second kappa shape index (κ2) is 11.9. The van der Waals surface area contributed by atoms with Crippen LogP contribution in [0.25, 0.3) is 5.65 Å². The van der Waals surface area contributed by atoms with Crippen molar-refractivity contribution in [1.82, 2.24) is 14.3 Å². The van der Waals surface area contributed by atoms with Crippen LogP contribution in [0.15, 0.2) is 48.8 Å². The van der Waals surface area contributed by atoms with E-state index in [1.807, 2.05) is 54.0 Å². The summed E-state index contributed by atoms with van der Waals surface area (Å²) in [6, 6.07) is 11.4. The van der Waals surface area contributed by atoms with Gasteiger partial charge in [0.25, 0.3) is 5.91 Å². The number of imidazole rings is 1. The van der Waals surface area contributed by atoms with E-state index in [2.05, 4.69) is 18.8 Å². The van der Waals surface area contributed by atoms with Gasteiger partial charge in [-0.05, 0) is 43.0 Å². The summed E-state index contributed by atoms with van der Waals surface area (Å²) >= 11 is 0. The SMILES string of the molecule is Cc1ccc2nc(COc3ccccc3C(=O)N(C)CCC(N)C(C)C)cn2c1.Cl.Cl. The Hall–Kier alpha value is -2.28. The van der Waals surface area contributed by atoms with Gasteiger partial charge in [0.15, 0.2) is 0 Å². The van der Waals surface area contributed by atoms with Gasteiger partial charge in [0.1, 0.15) is 18.0 Å². The largest absolute Gasteiger partial charge is 0.486 e. The lowest BCUT2D eigenvalue weighted by molar-refractivity contribution is 0.0784. The lowest BCUT2D eigenvalue weighted by Crippen LogP contribution is -2.34. The molecule has 8 heteroatoms. The summed E-state index contributed by atoms with van der Waals surface area (Å²) in [5.41, 5.74) is 9.52. The molecule has 1 amide bonds.